The third-order valence-corrected chi connectivity index (χ3v) is 3.00. The summed E-state index contributed by atoms with van der Waals surface area (Å²) in [6.07, 6.45) is 2.39. The van der Waals surface area contributed by atoms with Crippen molar-refractivity contribution >= 4 is 32.7 Å². The highest BCUT2D eigenvalue weighted by Gasteiger charge is 2.29. The lowest BCUT2D eigenvalue weighted by atomic mass is 10.3. The van der Waals surface area contributed by atoms with Gasteiger partial charge in [0.25, 0.3) is 0 Å². The van der Waals surface area contributed by atoms with Crippen molar-refractivity contribution < 1.29 is 4.42 Å². The molecule has 0 bridgehead atoms. The number of nitrogens with two attached hydrogens (primary N) is 1. The Kier molecular flexibility index (Phi) is 1.62. The van der Waals surface area contributed by atoms with Crippen LogP contribution in [0, 0.1) is 0 Å². The van der Waals surface area contributed by atoms with Gasteiger partial charge in [0.1, 0.15) is 5.52 Å². The summed E-state index contributed by atoms with van der Waals surface area (Å²) < 4.78 is 6.55. The summed E-state index contributed by atoms with van der Waals surface area (Å²) >= 11 is 3.42. The molecule has 1 aromatic carbocycles. The van der Waals surface area contributed by atoms with Crippen molar-refractivity contribution in [1.29, 1.82) is 0 Å². The lowest BCUT2D eigenvalue weighted by molar-refractivity contribution is 0.532. The number of halogens is 1. The zero-order valence-corrected chi connectivity index (χ0v) is 9.04. The van der Waals surface area contributed by atoms with Crippen molar-refractivity contribution in [3.63, 3.8) is 0 Å². The minimum atomic E-state index is 0.538. The Hall–Kier alpha value is -1.03. The molecule has 1 aromatic heterocycles. The van der Waals surface area contributed by atoms with E-state index in [2.05, 4.69) is 20.9 Å². The predicted octanol–water partition coefficient (Wildman–Crippen LogP) is 3.05. The fourth-order valence-electron chi connectivity index (χ4n) is 1.53. The number of hydrogen-bond donors (Lipinski definition) is 1. The molecule has 72 valence electrons. The molecule has 0 unspecified atom stereocenters. The monoisotopic (exact) mass is 252 g/mol. The standard InChI is InChI=1S/C10H9BrN2O/c11-7-3-6(12)4-8-9(7)14-10(13-8)5-1-2-5/h3-5H,1-2,12H2. The van der Waals surface area contributed by atoms with E-state index in [1.165, 1.54) is 12.8 Å². The molecular weight excluding hydrogens is 244 g/mol. The van der Waals surface area contributed by atoms with Gasteiger partial charge in [0.05, 0.1) is 4.47 Å². The first-order chi connectivity index (χ1) is 6.74. The van der Waals surface area contributed by atoms with Gasteiger partial charge in [-0.05, 0) is 40.9 Å². The molecule has 0 spiro atoms. The summed E-state index contributed by atoms with van der Waals surface area (Å²) in [7, 11) is 0. The Balaban J connectivity index is 2.26. The largest absolute Gasteiger partial charge is 0.439 e. The summed E-state index contributed by atoms with van der Waals surface area (Å²) in [6.45, 7) is 0. The molecule has 1 aliphatic rings. The molecule has 1 saturated carbocycles. The van der Waals surface area contributed by atoms with E-state index in [0.29, 0.717) is 11.6 Å². The number of nitrogen functional groups attached to an aromatic ring is 1. The average Bonchev–Trinajstić information content (AvgIpc) is 2.87. The molecular formula is C10H9BrN2O. The number of oxazole rings is 1. The van der Waals surface area contributed by atoms with Gasteiger partial charge in [0.2, 0.25) is 0 Å². The van der Waals surface area contributed by atoms with Gasteiger partial charge in [0.15, 0.2) is 11.5 Å². The molecule has 0 atom stereocenters. The van der Waals surface area contributed by atoms with Crippen LogP contribution in [0.3, 0.4) is 0 Å². The molecule has 0 saturated heterocycles. The second-order valence-corrected chi connectivity index (χ2v) is 4.53. The lowest BCUT2D eigenvalue weighted by Gasteiger charge is -1.93. The summed E-state index contributed by atoms with van der Waals surface area (Å²) in [5.74, 6) is 1.39. The predicted molar refractivity (Wildman–Crippen MR) is 58.1 cm³/mol. The molecule has 1 aliphatic carbocycles. The first-order valence-corrected chi connectivity index (χ1v) is 5.39. The zero-order valence-electron chi connectivity index (χ0n) is 7.46. The molecule has 1 fully saturated rings. The Morgan fingerprint density at radius 2 is 2.21 bits per heavy atom. The van der Waals surface area contributed by atoms with E-state index in [0.717, 1.165) is 21.5 Å². The maximum Gasteiger partial charge on any atom is 0.198 e. The minimum Gasteiger partial charge on any atom is -0.439 e. The number of nitrogens with zero attached hydrogens (tertiary/aromatic N) is 1. The molecule has 3 rings (SSSR count). The topological polar surface area (TPSA) is 52.0 Å². The van der Waals surface area contributed by atoms with Crippen LogP contribution in [-0.4, -0.2) is 4.98 Å². The number of rotatable bonds is 1. The van der Waals surface area contributed by atoms with Crippen LogP contribution >= 0.6 is 15.9 Å². The first-order valence-electron chi connectivity index (χ1n) is 4.59. The fraction of sp³-hybridized carbons (Fsp3) is 0.300. The number of anilines is 1. The zero-order chi connectivity index (χ0) is 9.71. The summed E-state index contributed by atoms with van der Waals surface area (Å²) in [6, 6.07) is 3.68. The number of fused-ring (bicyclic) bond motifs is 1. The molecule has 3 nitrogen and oxygen atoms in total. The average molecular weight is 253 g/mol. The lowest BCUT2D eigenvalue weighted by Crippen LogP contribution is -1.83. The van der Waals surface area contributed by atoms with E-state index in [1.54, 1.807) is 0 Å². The van der Waals surface area contributed by atoms with Gasteiger partial charge >= 0.3 is 0 Å². The summed E-state index contributed by atoms with van der Waals surface area (Å²) in [5, 5.41) is 0. The van der Waals surface area contributed by atoms with Crippen LogP contribution in [0.4, 0.5) is 5.69 Å². The first kappa shape index (κ1) is 8.29. The van der Waals surface area contributed by atoms with E-state index in [-0.39, 0.29) is 0 Å². The van der Waals surface area contributed by atoms with Crippen molar-refractivity contribution in [3.8, 4) is 0 Å². The van der Waals surface area contributed by atoms with Gasteiger partial charge in [-0.25, -0.2) is 4.98 Å². The Bertz CT molecular complexity index is 502. The molecule has 4 heteroatoms. The van der Waals surface area contributed by atoms with E-state index in [1.807, 2.05) is 12.1 Å². The summed E-state index contributed by atoms with van der Waals surface area (Å²) in [4.78, 5) is 4.42. The smallest absolute Gasteiger partial charge is 0.198 e. The van der Waals surface area contributed by atoms with Crippen LogP contribution in [0.1, 0.15) is 24.7 Å². The van der Waals surface area contributed by atoms with Gasteiger partial charge in [-0.3, -0.25) is 0 Å². The van der Waals surface area contributed by atoms with Gasteiger partial charge < -0.3 is 10.2 Å². The molecule has 14 heavy (non-hydrogen) atoms. The number of aromatic nitrogens is 1. The molecule has 2 N–H and O–H groups in total. The highest BCUT2D eigenvalue weighted by atomic mass is 79.9. The molecule has 0 amide bonds. The Morgan fingerprint density at radius 1 is 1.43 bits per heavy atom. The van der Waals surface area contributed by atoms with Crippen molar-refractivity contribution in [2.45, 2.75) is 18.8 Å². The molecule has 0 aliphatic heterocycles. The quantitative estimate of drug-likeness (QED) is 0.794. The molecule has 1 heterocycles. The normalized spacial score (nSPS) is 16.4. The molecule has 0 radical (unpaired) electrons. The minimum absolute atomic E-state index is 0.538. The van der Waals surface area contributed by atoms with Crippen LogP contribution in [0.25, 0.3) is 11.1 Å². The van der Waals surface area contributed by atoms with Crippen LogP contribution in [0.5, 0.6) is 0 Å². The third kappa shape index (κ3) is 1.21. The van der Waals surface area contributed by atoms with E-state index in [4.69, 9.17) is 10.2 Å². The highest BCUT2D eigenvalue weighted by Crippen LogP contribution is 2.41. The summed E-state index contributed by atoms with van der Waals surface area (Å²) in [5.41, 5.74) is 8.08. The second-order valence-electron chi connectivity index (χ2n) is 3.68. The maximum atomic E-state index is 5.71. The highest BCUT2D eigenvalue weighted by molar-refractivity contribution is 9.10. The number of hydrogen-bond acceptors (Lipinski definition) is 3. The maximum absolute atomic E-state index is 5.71. The van der Waals surface area contributed by atoms with E-state index >= 15 is 0 Å². The second kappa shape index (κ2) is 2.73. The molecule has 2 aromatic rings. The van der Waals surface area contributed by atoms with Crippen LogP contribution in [0.2, 0.25) is 0 Å². The van der Waals surface area contributed by atoms with Crippen molar-refractivity contribution in [3.05, 3.63) is 22.5 Å². The van der Waals surface area contributed by atoms with Gasteiger partial charge in [0, 0.05) is 11.6 Å². The van der Waals surface area contributed by atoms with E-state index in [9.17, 15) is 0 Å². The van der Waals surface area contributed by atoms with Crippen LogP contribution in [0.15, 0.2) is 21.0 Å². The SMILES string of the molecule is Nc1cc(Br)c2oc(C3CC3)nc2c1. The Labute approximate surface area is 89.4 Å². The van der Waals surface area contributed by atoms with Crippen molar-refractivity contribution in [1.82, 2.24) is 4.98 Å². The Morgan fingerprint density at radius 3 is 2.93 bits per heavy atom. The van der Waals surface area contributed by atoms with Gasteiger partial charge in [-0.1, -0.05) is 0 Å². The van der Waals surface area contributed by atoms with Crippen LogP contribution < -0.4 is 5.73 Å². The van der Waals surface area contributed by atoms with Gasteiger partial charge in [-0.15, -0.1) is 0 Å². The van der Waals surface area contributed by atoms with Crippen molar-refractivity contribution in [2.75, 3.05) is 5.73 Å². The van der Waals surface area contributed by atoms with Crippen LogP contribution in [-0.2, 0) is 0 Å². The van der Waals surface area contributed by atoms with Crippen molar-refractivity contribution in [2.24, 2.45) is 0 Å². The third-order valence-electron chi connectivity index (χ3n) is 2.41. The van der Waals surface area contributed by atoms with E-state index < -0.39 is 0 Å². The fourth-order valence-corrected chi connectivity index (χ4v) is 2.08. The van der Waals surface area contributed by atoms with Gasteiger partial charge in [-0.2, -0.15) is 0 Å². The number of benzene rings is 1.